The molecule has 0 heterocycles. The van der Waals surface area contributed by atoms with Crippen molar-refractivity contribution in [3.63, 3.8) is 0 Å². The highest BCUT2D eigenvalue weighted by atomic mass is 32.2. The van der Waals surface area contributed by atoms with Crippen LogP contribution in [0.15, 0.2) is 29.2 Å². The molecule has 0 amide bonds. The maximum absolute atomic E-state index is 12.3. The van der Waals surface area contributed by atoms with Crippen LogP contribution < -0.4 is 10.5 Å². The summed E-state index contributed by atoms with van der Waals surface area (Å²) in [4.78, 5) is 0.367. The van der Waals surface area contributed by atoms with E-state index in [-0.39, 0.29) is 22.0 Å². The molecule has 0 radical (unpaired) electrons. The fourth-order valence-corrected chi connectivity index (χ4v) is 3.82. The molecule has 2 atom stereocenters. The van der Waals surface area contributed by atoms with Crippen molar-refractivity contribution in [2.75, 3.05) is 7.11 Å². The van der Waals surface area contributed by atoms with E-state index in [4.69, 9.17) is 22.7 Å². The van der Waals surface area contributed by atoms with Crippen molar-refractivity contribution in [1.29, 1.82) is 0 Å². The fourth-order valence-electron chi connectivity index (χ4n) is 2.37. The number of hydrogen-bond acceptors (Lipinski definition) is 4. The molecular weight excluding hydrogens is 296 g/mol. The summed E-state index contributed by atoms with van der Waals surface area (Å²) in [6.45, 7) is 0. The number of nitrogens with one attached hydrogen (secondary N) is 1. The maximum Gasteiger partial charge on any atom is 0.240 e. The first-order valence-electron chi connectivity index (χ1n) is 6.37. The van der Waals surface area contributed by atoms with Gasteiger partial charge in [-0.3, -0.25) is 0 Å². The van der Waals surface area contributed by atoms with Gasteiger partial charge in [0.1, 0.15) is 4.99 Å². The van der Waals surface area contributed by atoms with E-state index >= 15 is 0 Å². The molecule has 1 saturated carbocycles. The second kappa shape index (κ2) is 6.17. The van der Waals surface area contributed by atoms with Crippen LogP contribution in [0.3, 0.4) is 0 Å². The summed E-state index contributed by atoms with van der Waals surface area (Å²) in [6.07, 6.45) is 2.49. The Morgan fingerprint density at radius 1 is 1.45 bits per heavy atom. The quantitative estimate of drug-likeness (QED) is 0.797. The average Bonchev–Trinajstić information content (AvgIpc) is 2.86. The van der Waals surface area contributed by atoms with Crippen LogP contribution in [0.5, 0.6) is 0 Å². The van der Waals surface area contributed by atoms with Crippen LogP contribution >= 0.6 is 12.2 Å². The van der Waals surface area contributed by atoms with Crippen molar-refractivity contribution >= 4 is 27.2 Å². The van der Waals surface area contributed by atoms with Crippen molar-refractivity contribution < 1.29 is 13.2 Å². The number of nitrogens with two attached hydrogens (primary N) is 1. The van der Waals surface area contributed by atoms with Gasteiger partial charge in [0, 0.05) is 18.7 Å². The molecule has 5 nitrogen and oxygen atoms in total. The number of ether oxygens (including phenoxy) is 1. The third-order valence-corrected chi connectivity index (χ3v) is 5.22. The minimum Gasteiger partial charge on any atom is -0.389 e. The van der Waals surface area contributed by atoms with Gasteiger partial charge >= 0.3 is 0 Å². The Morgan fingerprint density at radius 3 is 2.80 bits per heavy atom. The van der Waals surface area contributed by atoms with Gasteiger partial charge in [-0.05, 0) is 31.4 Å². The molecule has 7 heteroatoms. The van der Waals surface area contributed by atoms with Crippen LogP contribution in [0.2, 0.25) is 0 Å². The normalized spacial score (nSPS) is 22.9. The molecule has 0 aromatic heterocycles. The van der Waals surface area contributed by atoms with E-state index in [1.54, 1.807) is 19.2 Å². The topological polar surface area (TPSA) is 81.4 Å². The van der Waals surface area contributed by atoms with Gasteiger partial charge < -0.3 is 10.5 Å². The van der Waals surface area contributed by atoms with E-state index < -0.39 is 10.0 Å². The molecule has 1 aliphatic carbocycles. The highest BCUT2D eigenvalue weighted by Gasteiger charge is 2.28. The van der Waals surface area contributed by atoms with Crippen LogP contribution in [0.1, 0.15) is 24.8 Å². The maximum atomic E-state index is 12.3. The molecule has 110 valence electrons. The Kier molecular flexibility index (Phi) is 4.74. The lowest BCUT2D eigenvalue weighted by atomic mass is 10.2. The predicted octanol–water partition coefficient (Wildman–Crippen LogP) is 1.17. The monoisotopic (exact) mass is 314 g/mol. The van der Waals surface area contributed by atoms with Gasteiger partial charge in [-0.25, -0.2) is 13.1 Å². The third-order valence-electron chi connectivity index (χ3n) is 3.47. The minimum atomic E-state index is -3.55. The van der Waals surface area contributed by atoms with E-state index in [0.717, 1.165) is 12.8 Å². The molecule has 0 aliphatic heterocycles. The molecule has 1 fully saturated rings. The van der Waals surface area contributed by atoms with Crippen LogP contribution in [0.4, 0.5) is 0 Å². The Hall–Kier alpha value is -1.02. The van der Waals surface area contributed by atoms with E-state index in [9.17, 15) is 8.42 Å². The molecule has 3 N–H and O–H groups in total. The van der Waals surface area contributed by atoms with Gasteiger partial charge in [0.25, 0.3) is 0 Å². The number of rotatable bonds is 5. The summed E-state index contributed by atoms with van der Waals surface area (Å²) in [5.41, 5.74) is 6.07. The van der Waals surface area contributed by atoms with Gasteiger partial charge in [0.15, 0.2) is 0 Å². The molecule has 1 aliphatic rings. The SMILES string of the molecule is COC1CCC(NS(=O)(=O)c2cccc(C(N)=S)c2)C1. The van der Waals surface area contributed by atoms with Crippen LogP contribution in [0.25, 0.3) is 0 Å². The van der Waals surface area contributed by atoms with Crippen LogP contribution in [-0.2, 0) is 14.8 Å². The predicted molar refractivity (Wildman–Crippen MR) is 81.1 cm³/mol. The number of thiocarbonyl (C=S) groups is 1. The first-order chi connectivity index (χ1) is 9.42. The van der Waals surface area contributed by atoms with Crippen molar-refractivity contribution in [3.05, 3.63) is 29.8 Å². The summed E-state index contributed by atoms with van der Waals surface area (Å²) in [6, 6.07) is 6.27. The van der Waals surface area contributed by atoms with E-state index in [1.165, 1.54) is 12.1 Å². The molecule has 1 aromatic rings. The first-order valence-corrected chi connectivity index (χ1v) is 8.26. The molecule has 1 aromatic carbocycles. The van der Waals surface area contributed by atoms with Gasteiger partial charge in [0.2, 0.25) is 10.0 Å². The summed E-state index contributed by atoms with van der Waals surface area (Å²) < 4.78 is 32.6. The molecule has 0 saturated heterocycles. The number of methoxy groups -OCH3 is 1. The number of sulfonamides is 1. The van der Waals surface area contributed by atoms with Gasteiger partial charge in [-0.2, -0.15) is 0 Å². The van der Waals surface area contributed by atoms with E-state index in [1.807, 2.05) is 0 Å². The Labute approximate surface area is 124 Å². The lowest BCUT2D eigenvalue weighted by Gasteiger charge is -2.14. The lowest BCUT2D eigenvalue weighted by molar-refractivity contribution is 0.107. The molecule has 0 spiro atoms. The Bertz CT molecular complexity index is 601. The third kappa shape index (κ3) is 3.54. The molecule has 2 unspecified atom stereocenters. The Balaban J connectivity index is 2.14. The second-order valence-corrected chi connectivity index (χ2v) is 7.03. The summed E-state index contributed by atoms with van der Waals surface area (Å²) in [5, 5.41) is 0. The molecule has 2 rings (SSSR count). The largest absolute Gasteiger partial charge is 0.389 e. The minimum absolute atomic E-state index is 0.0848. The zero-order valence-electron chi connectivity index (χ0n) is 11.2. The lowest BCUT2D eigenvalue weighted by Crippen LogP contribution is -2.33. The van der Waals surface area contributed by atoms with Gasteiger partial charge in [-0.1, -0.05) is 24.4 Å². The average molecular weight is 314 g/mol. The van der Waals surface area contributed by atoms with Crippen molar-refractivity contribution in [2.24, 2.45) is 5.73 Å². The van der Waals surface area contributed by atoms with Crippen molar-refractivity contribution in [3.8, 4) is 0 Å². The second-order valence-electron chi connectivity index (χ2n) is 4.88. The molecule has 0 bridgehead atoms. The molecule has 20 heavy (non-hydrogen) atoms. The zero-order chi connectivity index (χ0) is 14.8. The summed E-state index contributed by atoms with van der Waals surface area (Å²) in [7, 11) is -1.91. The van der Waals surface area contributed by atoms with Crippen molar-refractivity contribution in [2.45, 2.75) is 36.3 Å². The van der Waals surface area contributed by atoms with Crippen LogP contribution in [-0.4, -0.2) is 32.7 Å². The van der Waals surface area contributed by atoms with E-state index in [0.29, 0.717) is 12.0 Å². The van der Waals surface area contributed by atoms with Crippen molar-refractivity contribution in [1.82, 2.24) is 4.72 Å². The highest BCUT2D eigenvalue weighted by molar-refractivity contribution is 7.89. The highest BCUT2D eigenvalue weighted by Crippen LogP contribution is 2.23. The Morgan fingerprint density at radius 2 is 2.20 bits per heavy atom. The van der Waals surface area contributed by atoms with Gasteiger partial charge in [-0.15, -0.1) is 0 Å². The molecular formula is C13H18N2O3S2. The van der Waals surface area contributed by atoms with E-state index in [2.05, 4.69) is 4.72 Å². The first kappa shape index (κ1) is 15.4. The summed E-state index contributed by atoms with van der Waals surface area (Å²) >= 11 is 4.87. The zero-order valence-corrected chi connectivity index (χ0v) is 12.8. The van der Waals surface area contributed by atoms with Gasteiger partial charge in [0.05, 0.1) is 11.0 Å². The number of hydrogen-bond donors (Lipinski definition) is 2. The number of benzene rings is 1. The van der Waals surface area contributed by atoms with Crippen LogP contribution in [0, 0.1) is 0 Å². The summed E-state index contributed by atoms with van der Waals surface area (Å²) in [5.74, 6) is 0. The smallest absolute Gasteiger partial charge is 0.240 e. The standard InChI is InChI=1S/C13H18N2O3S2/c1-18-11-6-5-10(8-11)15-20(16,17)12-4-2-3-9(7-12)13(14)19/h2-4,7,10-11,15H,5-6,8H2,1H3,(H2,14,19). The fraction of sp³-hybridized carbons (Fsp3) is 0.462.